The molecule has 3 rings (SSSR count). The van der Waals surface area contributed by atoms with Crippen molar-refractivity contribution < 1.29 is 23.2 Å². The fourth-order valence-electron chi connectivity index (χ4n) is 4.01. The van der Waals surface area contributed by atoms with Gasteiger partial charge < -0.3 is 15.2 Å². The van der Waals surface area contributed by atoms with Gasteiger partial charge in [0.15, 0.2) is 5.75 Å². The van der Waals surface area contributed by atoms with Gasteiger partial charge in [0.05, 0.1) is 9.82 Å². The number of nitro benzene ring substituents is 1. The van der Waals surface area contributed by atoms with Crippen molar-refractivity contribution in [3.05, 3.63) is 28.3 Å². The van der Waals surface area contributed by atoms with Crippen LogP contribution in [0.25, 0.3) is 0 Å². The Morgan fingerprint density at radius 3 is 2.57 bits per heavy atom. The van der Waals surface area contributed by atoms with Gasteiger partial charge in [-0.25, -0.2) is 8.42 Å². The molecule has 1 saturated carbocycles. The summed E-state index contributed by atoms with van der Waals surface area (Å²) in [6, 6.07) is 4.03. The molecular formula is C20H31N3O6S. The monoisotopic (exact) mass is 441 g/mol. The fraction of sp³-hybridized carbons (Fsp3) is 0.700. The Bertz CT molecular complexity index is 833. The molecule has 0 aromatic heterocycles. The first-order valence-electron chi connectivity index (χ1n) is 10.6. The van der Waals surface area contributed by atoms with Gasteiger partial charge in [-0.1, -0.05) is 6.92 Å². The SMILES string of the molecule is CC1CCC(NCC(O)COc2ccc(S(=O)(=O)N3CCCC3)cc2[N+](=O)[O-])CC1. The first kappa shape index (κ1) is 22.9. The maximum Gasteiger partial charge on any atom is 0.312 e. The molecule has 1 aliphatic heterocycles. The first-order valence-corrected chi connectivity index (χ1v) is 12.0. The molecule has 2 fully saturated rings. The van der Waals surface area contributed by atoms with E-state index in [0.29, 0.717) is 25.7 Å². The molecule has 0 amide bonds. The average molecular weight is 442 g/mol. The van der Waals surface area contributed by atoms with Crippen LogP contribution in [0.15, 0.2) is 23.1 Å². The van der Waals surface area contributed by atoms with Crippen LogP contribution in [0.3, 0.4) is 0 Å². The zero-order valence-electron chi connectivity index (χ0n) is 17.3. The van der Waals surface area contributed by atoms with Crippen molar-refractivity contribution in [2.24, 2.45) is 5.92 Å². The Hall–Kier alpha value is -1.75. The third-order valence-electron chi connectivity index (χ3n) is 5.92. The van der Waals surface area contributed by atoms with Gasteiger partial charge in [0, 0.05) is 31.7 Å². The van der Waals surface area contributed by atoms with E-state index in [1.54, 1.807) is 0 Å². The molecule has 1 aromatic rings. The van der Waals surface area contributed by atoms with Crippen LogP contribution in [0, 0.1) is 16.0 Å². The topological polar surface area (TPSA) is 122 Å². The number of rotatable bonds is 9. The maximum absolute atomic E-state index is 12.7. The number of nitrogens with zero attached hydrogens (tertiary/aromatic N) is 2. The van der Waals surface area contributed by atoms with Crippen LogP contribution < -0.4 is 10.1 Å². The second kappa shape index (κ2) is 10.0. The molecule has 1 saturated heterocycles. The van der Waals surface area contributed by atoms with Crippen molar-refractivity contribution in [3.63, 3.8) is 0 Å². The zero-order chi connectivity index (χ0) is 21.7. The highest BCUT2D eigenvalue weighted by molar-refractivity contribution is 7.89. The molecule has 2 aliphatic rings. The Morgan fingerprint density at radius 1 is 1.27 bits per heavy atom. The Balaban J connectivity index is 1.59. The zero-order valence-corrected chi connectivity index (χ0v) is 18.1. The van der Waals surface area contributed by atoms with Gasteiger partial charge >= 0.3 is 5.69 Å². The van der Waals surface area contributed by atoms with Crippen molar-refractivity contribution in [1.82, 2.24) is 9.62 Å². The number of aliphatic hydroxyl groups is 1. The molecule has 1 aliphatic carbocycles. The summed E-state index contributed by atoms with van der Waals surface area (Å²) in [5.41, 5.74) is -0.420. The van der Waals surface area contributed by atoms with E-state index in [9.17, 15) is 23.6 Å². The predicted octanol–water partition coefficient (Wildman–Crippen LogP) is 2.29. The van der Waals surface area contributed by atoms with Gasteiger partial charge in [-0.2, -0.15) is 4.31 Å². The van der Waals surface area contributed by atoms with Crippen molar-refractivity contribution in [1.29, 1.82) is 0 Å². The van der Waals surface area contributed by atoms with Gasteiger partial charge in [-0.05, 0) is 56.6 Å². The molecule has 30 heavy (non-hydrogen) atoms. The van der Waals surface area contributed by atoms with Crippen LogP contribution in [0.1, 0.15) is 45.4 Å². The highest BCUT2D eigenvalue weighted by atomic mass is 32.2. The molecule has 1 unspecified atom stereocenters. The van der Waals surface area contributed by atoms with Crippen LogP contribution in [-0.2, 0) is 10.0 Å². The van der Waals surface area contributed by atoms with Crippen LogP contribution >= 0.6 is 0 Å². The largest absolute Gasteiger partial charge is 0.484 e. The normalized spacial score (nSPS) is 23.9. The van der Waals surface area contributed by atoms with E-state index in [0.717, 1.165) is 37.7 Å². The number of hydrogen-bond acceptors (Lipinski definition) is 7. The van der Waals surface area contributed by atoms with Crippen LogP contribution in [0.2, 0.25) is 0 Å². The highest BCUT2D eigenvalue weighted by Gasteiger charge is 2.30. The maximum atomic E-state index is 12.7. The summed E-state index contributed by atoms with van der Waals surface area (Å²) in [7, 11) is -3.75. The lowest BCUT2D eigenvalue weighted by Crippen LogP contribution is -2.39. The fourth-order valence-corrected chi connectivity index (χ4v) is 5.55. The highest BCUT2D eigenvalue weighted by Crippen LogP contribution is 2.32. The Labute approximate surface area is 177 Å². The van der Waals surface area contributed by atoms with Gasteiger partial charge in [0.1, 0.15) is 12.7 Å². The molecule has 0 bridgehead atoms. The smallest absolute Gasteiger partial charge is 0.312 e. The molecule has 1 atom stereocenters. The van der Waals surface area contributed by atoms with Gasteiger partial charge in [-0.15, -0.1) is 0 Å². The summed E-state index contributed by atoms with van der Waals surface area (Å²) in [6.07, 6.45) is 5.24. The van der Waals surface area contributed by atoms with Crippen molar-refractivity contribution in [2.45, 2.75) is 62.5 Å². The summed E-state index contributed by atoms with van der Waals surface area (Å²) in [6.45, 7) is 3.32. The minimum absolute atomic E-state index is 0.0501. The molecule has 2 N–H and O–H groups in total. The van der Waals surface area contributed by atoms with E-state index < -0.39 is 26.7 Å². The lowest BCUT2D eigenvalue weighted by molar-refractivity contribution is -0.386. The van der Waals surface area contributed by atoms with Crippen LogP contribution in [0.4, 0.5) is 5.69 Å². The van der Waals surface area contributed by atoms with Crippen LogP contribution in [0.5, 0.6) is 5.75 Å². The second-order valence-electron chi connectivity index (χ2n) is 8.33. The third kappa shape index (κ3) is 5.69. The molecule has 1 aromatic carbocycles. The quantitative estimate of drug-likeness (QED) is 0.445. The lowest BCUT2D eigenvalue weighted by atomic mass is 9.87. The van der Waals surface area contributed by atoms with Crippen molar-refractivity contribution in [3.8, 4) is 5.75 Å². The van der Waals surface area contributed by atoms with Crippen molar-refractivity contribution in [2.75, 3.05) is 26.2 Å². The van der Waals surface area contributed by atoms with Gasteiger partial charge in [0.25, 0.3) is 0 Å². The molecule has 0 spiro atoms. The van der Waals surface area contributed by atoms with E-state index in [1.165, 1.54) is 29.3 Å². The van der Waals surface area contributed by atoms with Gasteiger partial charge in [-0.3, -0.25) is 10.1 Å². The summed E-state index contributed by atoms with van der Waals surface area (Å²) in [5.74, 6) is 0.694. The number of ether oxygens (including phenoxy) is 1. The number of hydrogen-bond donors (Lipinski definition) is 2. The summed E-state index contributed by atoms with van der Waals surface area (Å²) >= 11 is 0. The summed E-state index contributed by atoms with van der Waals surface area (Å²) in [4.78, 5) is 10.7. The third-order valence-corrected chi connectivity index (χ3v) is 7.81. The summed E-state index contributed by atoms with van der Waals surface area (Å²) < 4.78 is 32.1. The van der Waals surface area contributed by atoms with E-state index in [-0.39, 0.29) is 17.3 Å². The average Bonchev–Trinajstić information content (AvgIpc) is 3.27. The first-order chi connectivity index (χ1) is 14.3. The number of aliphatic hydroxyl groups excluding tert-OH is 1. The minimum Gasteiger partial charge on any atom is -0.484 e. The van der Waals surface area contributed by atoms with E-state index in [4.69, 9.17) is 4.74 Å². The predicted molar refractivity (Wildman–Crippen MR) is 112 cm³/mol. The van der Waals surface area contributed by atoms with E-state index in [1.807, 2.05) is 0 Å². The molecule has 1 heterocycles. The van der Waals surface area contributed by atoms with Gasteiger partial charge in [0.2, 0.25) is 10.0 Å². The molecule has 9 nitrogen and oxygen atoms in total. The molecule has 0 radical (unpaired) electrons. The second-order valence-corrected chi connectivity index (χ2v) is 10.3. The number of benzene rings is 1. The number of sulfonamides is 1. The Morgan fingerprint density at radius 2 is 1.93 bits per heavy atom. The van der Waals surface area contributed by atoms with Crippen molar-refractivity contribution >= 4 is 15.7 Å². The molecule has 168 valence electrons. The molecule has 10 heteroatoms. The number of nitro groups is 1. The standard InChI is InChI=1S/C20H31N3O6S/c1-15-4-6-16(7-5-15)21-13-17(24)14-29-20-9-8-18(12-19(20)23(25)26)30(27,28)22-10-2-3-11-22/h8-9,12,15-17,21,24H,2-7,10-11,13-14H2,1H3. The van der Waals surface area contributed by atoms with E-state index >= 15 is 0 Å². The summed E-state index contributed by atoms with van der Waals surface area (Å²) in [5, 5.41) is 25.0. The minimum atomic E-state index is -3.75. The van der Waals surface area contributed by atoms with Crippen LogP contribution in [-0.4, -0.2) is 61.1 Å². The number of nitrogens with one attached hydrogen (secondary N) is 1. The molecular weight excluding hydrogens is 410 g/mol. The van der Waals surface area contributed by atoms with E-state index in [2.05, 4.69) is 12.2 Å². The Kier molecular flexibility index (Phi) is 7.67. The lowest BCUT2D eigenvalue weighted by Gasteiger charge is -2.27.